The highest BCUT2D eigenvalue weighted by molar-refractivity contribution is 5.71. The molecule has 0 saturated carbocycles. The van der Waals surface area contributed by atoms with E-state index in [0.717, 1.165) is 103 Å². The summed E-state index contributed by atoms with van der Waals surface area (Å²) >= 11 is 0. The Hall–Kier alpha value is -3.41. The average molecular weight is 835 g/mol. The standard InChI is InChI=1S/C54H90O6/c1-4-7-10-13-16-19-22-24-26-27-28-29-31-32-35-38-41-44-47-53(56)59-50-51(49-58-52(55)46-43-40-37-34-21-18-15-12-9-6-3)60-54(57)48-45-42-39-36-33-30-25-23-20-17-14-11-8-5-2/h8,10-11,13,16-17,19-20,22,24,26-29,51H,4-7,9,12,14-15,18,21,23,25,30-50H2,1-3H3/b11-8-,13-10-,19-16-,20-17-,24-22-,27-26-,29-28-. The van der Waals surface area contributed by atoms with Gasteiger partial charge in [-0.3, -0.25) is 14.4 Å². The third-order valence-corrected chi connectivity index (χ3v) is 10.2. The van der Waals surface area contributed by atoms with Crippen LogP contribution >= 0.6 is 0 Å². The molecule has 0 bridgehead atoms. The Kier molecular flexibility index (Phi) is 45.5. The number of hydrogen-bond acceptors (Lipinski definition) is 6. The summed E-state index contributed by atoms with van der Waals surface area (Å²) in [6.07, 6.45) is 61.3. The maximum absolute atomic E-state index is 12.8. The van der Waals surface area contributed by atoms with Crippen LogP contribution in [0.5, 0.6) is 0 Å². The molecule has 1 unspecified atom stereocenters. The second-order valence-corrected chi connectivity index (χ2v) is 16.1. The molecule has 0 aliphatic rings. The quantitative estimate of drug-likeness (QED) is 0.0200. The topological polar surface area (TPSA) is 78.9 Å². The molecule has 0 radical (unpaired) electrons. The molecule has 0 spiro atoms. The molecule has 0 heterocycles. The molecule has 0 aliphatic carbocycles. The van der Waals surface area contributed by atoms with Gasteiger partial charge in [0.2, 0.25) is 0 Å². The van der Waals surface area contributed by atoms with Crippen LogP contribution in [-0.4, -0.2) is 37.2 Å². The number of carbonyl (C=O) groups excluding carboxylic acids is 3. The number of esters is 3. The predicted octanol–water partition coefficient (Wildman–Crippen LogP) is 16.0. The molecule has 0 fully saturated rings. The monoisotopic (exact) mass is 835 g/mol. The van der Waals surface area contributed by atoms with Gasteiger partial charge in [-0.2, -0.15) is 0 Å². The minimum atomic E-state index is -0.789. The van der Waals surface area contributed by atoms with E-state index in [1.165, 1.54) is 77.0 Å². The Bertz CT molecular complexity index is 1190. The second kappa shape index (κ2) is 48.3. The van der Waals surface area contributed by atoms with Crippen LogP contribution in [0.15, 0.2) is 85.1 Å². The van der Waals surface area contributed by atoms with E-state index < -0.39 is 6.10 Å². The van der Waals surface area contributed by atoms with Gasteiger partial charge in [-0.05, 0) is 64.2 Å². The highest BCUT2D eigenvalue weighted by atomic mass is 16.6. The van der Waals surface area contributed by atoms with Crippen LogP contribution in [0.2, 0.25) is 0 Å². The summed E-state index contributed by atoms with van der Waals surface area (Å²) in [5, 5.41) is 0. The zero-order valence-corrected chi connectivity index (χ0v) is 38.9. The van der Waals surface area contributed by atoms with Gasteiger partial charge in [-0.15, -0.1) is 0 Å². The lowest BCUT2D eigenvalue weighted by atomic mass is 10.1. The minimum Gasteiger partial charge on any atom is -0.462 e. The van der Waals surface area contributed by atoms with Crippen LogP contribution < -0.4 is 0 Å². The molecule has 0 rings (SSSR count). The summed E-state index contributed by atoms with van der Waals surface area (Å²) in [5.41, 5.74) is 0. The molecule has 6 heteroatoms. The van der Waals surface area contributed by atoms with E-state index in [2.05, 4.69) is 81.5 Å². The summed E-state index contributed by atoms with van der Waals surface area (Å²) in [4.78, 5) is 37.9. The fourth-order valence-electron chi connectivity index (χ4n) is 6.57. The van der Waals surface area contributed by atoms with Crippen molar-refractivity contribution in [1.29, 1.82) is 0 Å². The van der Waals surface area contributed by atoms with Crippen LogP contribution in [0.1, 0.15) is 220 Å². The highest BCUT2D eigenvalue weighted by Crippen LogP contribution is 2.14. The van der Waals surface area contributed by atoms with Crippen molar-refractivity contribution in [2.24, 2.45) is 0 Å². The second-order valence-electron chi connectivity index (χ2n) is 16.1. The normalized spacial score (nSPS) is 12.8. The van der Waals surface area contributed by atoms with Crippen molar-refractivity contribution < 1.29 is 28.6 Å². The van der Waals surface area contributed by atoms with Crippen LogP contribution in [-0.2, 0) is 28.6 Å². The van der Waals surface area contributed by atoms with Crippen molar-refractivity contribution >= 4 is 17.9 Å². The first-order chi connectivity index (χ1) is 29.5. The molecule has 0 amide bonds. The van der Waals surface area contributed by atoms with Crippen molar-refractivity contribution in [2.45, 2.75) is 226 Å². The van der Waals surface area contributed by atoms with Gasteiger partial charge >= 0.3 is 17.9 Å². The van der Waals surface area contributed by atoms with E-state index >= 15 is 0 Å². The maximum Gasteiger partial charge on any atom is 0.306 e. The van der Waals surface area contributed by atoms with E-state index in [0.29, 0.717) is 19.3 Å². The van der Waals surface area contributed by atoms with E-state index in [4.69, 9.17) is 14.2 Å². The van der Waals surface area contributed by atoms with Crippen molar-refractivity contribution in [3.05, 3.63) is 85.1 Å². The zero-order chi connectivity index (χ0) is 43.7. The summed E-state index contributed by atoms with van der Waals surface area (Å²) in [6.45, 7) is 6.39. The molecule has 60 heavy (non-hydrogen) atoms. The molecule has 0 aliphatic heterocycles. The Labute approximate surface area is 369 Å². The Morgan fingerprint density at radius 3 is 1.22 bits per heavy atom. The van der Waals surface area contributed by atoms with E-state index in [1.54, 1.807) is 0 Å². The van der Waals surface area contributed by atoms with Gasteiger partial charge < -0.3 is 14.2 Å². The van der Waals surface area contributed by atoms with Gasteiger partial charge in [0.05, 0.1) is 0 Å². The van der Waals surface area contributed by atoms with Gasteiger partial charge in [0, 0.05) is 19.3 Å². The fourth-order valence-corrected chi connectivity index (χ4v) is 6.57. The Morgan fingerprint density at radius 1 is 0.367 bits per heavy atom. The maximum atomic E-state index is 12.8. The van der Waals surface area contributed by atoms with E-state index in [9.17, 15) is 14.4 Å². The minimum absolute atomic E-state index is 0.0878. The molecule has 1 atom stereocenters. The first-order valence-electron chi connectivity index (χ1n) is 24.7. The van der Waals surface area contributed by atoms with Gasteiger partial charge in [0.1, 0.15) is 13.2 Å². The largest absolute Gasteiger partial charge is 0.462 e. The van der Waals surface area contributed by atoms with Crippen LogP contribution in [0.25, 0.3) is 0 Å². The van der Waals surface area contributed by atoms with Gasteiger partial charge in [0.15, 0.2) is 6.10 Å². The molecule has 0 aromatic rings. The van der Waals surface area contributed by atoms with Crippen LogP contribution in [0.4, 0.5) is 0 Å². The number of carbonyl (C=O) groups is 3. The lowest BCUT2D eigenvalue weighted by Gasteiger charge is -2.18. The fraction of sp³-hybridized carbons (Fsp3) is 0.685. The molecular weight excluding hydrogens is 745 g/mol. The van der Waals surface area contributed by atoms with Gasteiger partial charge in [-0.1, -0.05) is 221 Å². The lowest BCUT2D eigenvalue weighted by Crippen LogP contribution is -2.30. The van der Waals surface area contributed by atoms with Gasteiger partial charge in [-0.25, -0.2) is 0 Å². The Morgan fingerprint density at radius 2 is 0.750 bits per heavy atom. The Balaban J connectivity index is 4.43. The first kappa shape index (κ1) is 56.6. The summed E-state index contributed by atoms with van der Waals surface area (Å²) in [6, 6.07) is 0. The number of unbranched alkanes of at least 4 members (excludes halogenated alkanes) is 22. The number of hydrogen-bond donors (Lipinski definition) is 0. The number of rotatable bonds is 43. The molecule has 0 saturated heterocycles. The third kappa shape index (κ3) is 45.7. The first-order valence-corrected chi connectivity index (χ1v) is 24.7. The van der Waals surface area contributed by atoms with E-state index in [-0.39, 0.29) is 31.1 Å². The number of ether oxygens (including phenoxy) is 3. The molecule has 0 aromatic carbocycles. The lowest BCUT2D eigenvalue weighted by molar-refractivity contribution is -0.167. The van der Waals surface area contributed by atoms with Crippen LogP contribution in [0, 0.1) is 0 Å². The summed E-state index contributed by atoms with van der Waals surface area (Å²) in [7, 11) is 0. The van der Waals surface area contributed by atoms with Crippen molar-refractivity contribution in [1.82, 2.24) is 0 Å². The molecular formula is C54H90O6. The summed E-state index contributed by atoms with van der Waals surface area (Å²) < 4.78 is 16.7. The van der Waals surface area contributed by atoms with Crippen molar-refractivity contribution in [3.8, 4) is 0 Å². The summed E-state index contributed by atoms with van der Waals surface area (Å²) in [5.74, 6) is -0.926. The van der Waals surface area contributed by atoms with E-state index in [1.807, 2.05) is 24.3 Å². The third-order valence-electron chi connectivity index (χ3n) is 10.2. The zero-order valence-electron chi connectivity index (χ0n) is 38.9. The van der Waals surface area contributed by atoms with Gasteiger partial charge in [0.25, 0.3) is 0 Å². The molecule has 0 N–H and O–H groups in total. The molecule has 342 valence electrons. The SMILES string of the molecule is CC/C=C\C/C=C\CCCCCCCCCC(=O)OC(COC(=O)CCCCCCC\C=C/C=C\C=C/C=C\C=C/CCC)COC(=O)CCCCCCCCCCCC. The highest BCUT2D eigenvalue weighted by Gasteiger charge is 2.19. The number of allylic oxidation sites excluding steroid dienone is 14. The van der Waals surface area contributed by atoms with Crippen LogP contribution in [0.3, 0.4) is 0 Å². The average Bonchev–Trinajstić information content (AvgIpc) is 3.24. The molecule has 0 aromatic heterocycles. The predicted molar refractivity (Wildman–Crippen MR) is 256 cm³/mol. The smallest absolute Gasteiger partial charge is 0.306 e. The molecule has 6 nitrogen and oxygen atoms in total. The van der Waals surface area contributed by atoms with Crippen molar-refractivity contribution in [2.75, 3.05) is 13.2 Å². The van der Waals surface area contributed by atoms with Crippen molar-refractivity contribution in [3.63, 3.8) is 0 Å².